The van der Waals surface area contributed by atoms with Crippen LogP contribution in [0.5, 0.6) is 0 Å². The minimum Gasteiger partial charge on any atom is -0.370 e. The number of fused-ring (bicyclic) bond motifs is 2. The lowest BCUT2D eigenvalue weighted by Gasteiger charge is -2.31. The molecule has 1 unspecified atom stereocenters. The quantitative estimate of drug-likeness (QED) is 0.0346. The zero-order valence-corrected chi connectivity index (χ0v) is 46.5. The zero-order valence-electron chi connectivity index (χ0n) is 45.7. The Kier molecular flexibility index (Phi) is 23.4. The van der Waals surface area contributed by atoms with E-state index in [9.17, 15) is 33.6 Å². The highest BCUT2D eigenvalue weighted by atomic mass is 35.5. The molecule has 26 heteroatoms. The Bertz CT molecular complexity index is 2940. The summed E-state index contributed by atoms with van der Waals surface area (Å²) in [5, 5.41) is 41.0. The average molecular weight is 1150 g/mol. The van der Waals surface area contributed by atoms with Crippen LogP contribution in [0.15, 0.2) is 85.1 Å². The molecule has 1 aromatic heterocycles. The highest BCUT2D eigenvalue weighted by Crippen LogP contribution is 2.29. The van der Waals surface area contributed by atoms with Crippen molar-refractivity contribution in [2.75, 3.05) is 26.2 Å². The standard InChI is InChI=1S/C56H75ClN16O9/c1-32(74)67-41(19-10-22-64-55(59)60)49(77)72-45-29-47(75)63-21-8-7-18-40(48(58)76)68-52(80)44(28-36-30-66-39-17-6-5-16-38(36)39)70-50(78)42(20-11-23-65-56(61)62)69-51(79)43(26-33-12-3-2-4-13-33)71-53(81)46-27-35(31-73(46)54(45)82)24-34-14-9-15-37(57)25-34/h2-6,9,12-17,25,30,35,40-46,66H,7-8,10-11,18-24,26-29,31H2,1H3,(H2,58,76)(H,63,75)(H,67,74)(H,68,80)(H,69,79)(H,70,78)(H,71,81)(H,72,77)(H4,59,60,64)(H4,61,62,65)/t35?,40-,41-,42-,43+,44-,45-,46-/m0/s1. The van der Waals surface area contributed by atoms with Crippen LogP contribution >= 0.6 is 11.6 Å². The van der Waals surface area contributed by atoms with Gasteiger partial charge in [0.1, 0.15) is 42.3 Å². The summed E-state index contributed by atoms with van der Waals surface area (Å²) < 4.78 is 0. The molecule has 25 nitrogen and oxygen atoms in total. The van der Waals surface area contributed by atoms with Crippen LogP contribution in [0.3, 0.4) is 0 Å². The van der Waals surface area contributed by atoms with Gasteiger partial charge in [0.2, 0.25) is 53.2 Å². The molecule has 2 aliphatic rings. The zero-order chi connectivity index (χ0) is 59.3. The maximum atomic E-state index is 15.2. The number of para-hydroxylation sites is 1. The van der Waals surface area contributed by atoms with Crippen molar-refractivity contribution in [2.24, 2.45) is 23.1 Å². The summed E-state index contributed by atoms with van der Waals surface area (Å²) in [4.78, 5) is 132. The SMILES string of the molecule is CC(=O)N[C@@H](CCCNC(=N)N)C(=O)N[C@H]1CC(=O)NCCCC[C@@H](C(N)=O)NC(=O)[C@H](Cc2c[nH]c3ccccc23)NC(=O)[C@H](CCCNC(=N)N)NC(=O)[C@@H](Cc2ccccc2)NC(=O)[C@@H]2CC(Cc3cccc(Cl)c3)CN2C1=O. The van der Waals surface area contributed by atoms with E-state index in [0.29, 0.717) is 22.6 Å². The van der Waals surface area contributed by atoms with Crippen molar-refractivity contribution in [2.45, 2.75) is 126 Å². The van der Waals surface area contributed by atoms with Crippen LogP contribution in [0.2, 0.25) is 5.02 Å². The van der Waals surface area contributed by atoms with Gasteiger partial charge in [-0.1, -0.05) is 72.3 Å². The van der Waals surface area contributed by atoms with Crippen molar-refractivity contribution in [3.05, 3.63) is 107 Å². The lowest BCUT2D eigenvalue weighted by atomic mass is 9.96. The van der Waals surface area contributed by atoms with Gasteiger partial charge in [-0.3, -0.25) is 54.0 Å². The number of amides is 9. The van der Waals surface area contributed by atoms with Crippen molar-refractivity contribution >= 4 is 87.6 Å². The number of rotatable bonds is 18. The predicted molar refractivity (Wildman–Crippen MR) is 307 cm³/mol. The van der Waals surface area contributed by atoms with E-state index in [1.165, 1.54) is 11.8 Å². The van der Waals surface area contributed by atoms with Crippen LogP contribution in [0.25, 0.3) is 10.9 Å². The molecule has 440 valence electrons. The first-order valence-corrected chi connectivity index (χ1v) is 27.8. The van der Waals surface area contributed by atoms with Gasteiger partial charge in [-0.05, 0) is 98.6 Å². The maximum Gasteiger partial charge on any atom is 0.246 e. The van der Waals surface area contributed by atoms with Gasteiger partial charge in [0.15, 0.2) is 11.9 Å². The molecular formula is C56H75ClN16O9. The highest BCUT2D eigenvalue weighted by molar-refractivity contribution is 6.30. The first-order chi connectivity index (χ1) is 39.2. The third kappa shape index (κ3) is 19.2. The summed E-state index contributed by atoms with van der Waals surface area (Å²) in [6, 6.07) is 13.8. The third-order valence-electron chi connectivity index (χ3n) is 14.2. The topological polar surface area (TPSA) is 407 Å². The Morgan fingerprint density at radius 1 is 0.744 bits per heavy atom. The fraction of sp³-hybridized carbons (Fsp3) is 0.446. The Morgan fingerprint density at radius 2 is 1.39 bits per heavy atom. The Morgan fingerprint density at radius 3 is 2.10 bits per heavy atom. The Balaban J connectivity index is 1.40. The van der Waals surface area contributed by atoms with E-state index in [2.05, 4.69) is 52.8 Å². The minimum absolute atomic E-state index is 0.0205. The van der Waals surface area contributed by atoms with Crippen LogP contribution < -0.4 is 65.1 Å². The third-order valence-corrected chi connectivity index (χ3v) is 14.5. The number of guanidine groups is 2. The molecule has 9 amide bonds. The monoisotopic (exact) mass is 1150 g/mol. The maximum absolute atomic E-state index is 15.2. The summed E-state index contributed by atoms with van der Waals surface area (Å²) in [6.07, 6.45) is 2.27. The molecule has 2 aliphatic heterocycles. The van der Waals surface area contributed by atoms with Crippen LogP contribution in [0.4, 0.5) is 0 Å². The fourth-order valence-corrected chi connectivity index (χ4v) is 10.4. The van der Waals surface area contributed by atoms with E-state index in [4.69, 9.17) is 39.6 Å². The second kappa shape index (κ2) is 30.7. The molecule has 0 spiro atoms. The molecule has 3 aromatic carbocycles. The first-order valence-electron chi connectivity index (χ1n) is 27.4. The second-order valence-electron chi connectivity index (χ2n) is 20.7. The number of aromatic amines is 1. The Labute approximate surface area is 479 Å². The van der Waals surface area contributed by atoms with Gasteiger partial charge in [-0.15, -0.1) is 0 Å². The van der Waals surface area contributed by atoms with Gasteiger partial charge in [-0.2, -0.15) is 0 Å². The van der Waals surface area contributed by atoms with Gasteiger partial charge in [0, 0.05) is 68.1 Å². The molecule has 2 saturated heterocycles. The lowest BCUT2D eigenvalue weighted by molar-refractivity contribution is -0.143. The van der Waals surface area contributed by atoms with Gasteiger partial charge in [0.05, 0.1) is 6.42 Å². The number of nitrogens with two attached hydrogens (primary N) is 3. The molecule has 0 bridgehead atoms. The van der Waals surface area contributed by atoms with Gasteiger partial charge in [-0.25, -0.2) is 0 Å². The molecule has 3 heterocycles. The van der Waals surface area contributed by atoms with Gasteiger partial charge >= 0.3 is 0 Å². The lowest BCUT2D eigenvalue weighted by Crippen LogP contribution is -2.60. The number of H-pyrrole nitrogens is 1. The van der Waals surface area contributed by atoms with Crippen LogP contribution in [-0.4, -0.2) is 143 Å². The molecule has 0 saturated carbocycles. The van der Waals surface area contributed by atoms with E-state index in [0.717, 1.165) is 16.5 Å². The number of aromatic nitrogens is 1. The van der Waals surface area contributed by atoms with Crippen LogP contribution in [0, 0.1) is 16.7 Å². The number of nitrogens with one attached hydrogen (secondary N) is 12. The number of carbonyl (C=O) groups is 9. The molecule has 0 radical (unpaired) electrons. The van der Waals surface area contributed by atoms with Crippen molar-refractivity contribution in [1.29, 1.82) is 10.8 Å². The number of halogens is 1. The molecule has 0 aliphatic carbocycles. The molecule has 4 aromatic rings. The molecule has 18 N–H and O–H groups in total. The first kappa shape index (κ1) is 62.5. The summed E-state index contributed by atoms with van der Waals surface area (Å²) in [6.45, 7) is 1.49. The summed E-state index contributed by atoms with van der Waals surface area (Å²) in [5.74, 6) is -7.84. The number of benzene rings is 3. The van der Waals surface area contributed by atoms with Crippen molar-refractivity contribution in [3.8, 4) is 0 Å². The summed E-state index contributed by atoms with van der Waals surface area (Å²) in [5.41, 5.74) is 19.7. The Hall–Kier alpha value is -8.74. The number of carbonyl (C=O) groups excluding carboxylic acids is 9. The van der Waals surface area contributed by atoms with E-state index in [1.807, 2.05) is 30.3 Å². The van der Waals surface area contributed by atoms with Crippen molar-refractivity contribution < 1.29 is 43.2 Å². The second-order valence-corrected chi connectivity index (χ2v) is 21.1. The smallest absolute Gasteiger partial charge is 0.246 e. The molecule has 6 rings (SSSR count). The number of hydrogen-bond donors (Lipinski definition) is 15. The van der Waals surface area contributed by atoms with Gasteiger partial charge in [0.25, 0.3) is 0 Å². The van der Waals surface area contributed by atoms with Crippen LogP contribution in [-0.2, 0) is 62.4 Å². The fourth-order valence-electron chi connectivity index (χ4n) is 10.2. The van der Waals surface area contributed by atoms with E-state index in [-0.39, 0.29) is 108 Å². The molecule has 82 heavy (non-hydrogen) atoms. The normalized spacial score (nSPS) is 22.0. The highest BCUT2D eigenvalue weighted by Gasteiger charge is 2.44. The summed E-state index contributed by atoms with van der Waals surface area (Å²) >= 11 is 6.39. The van der Waals surface area contributed by atoms with Crippen molar-refractivity contribution in [3.63, 3.8) is 0 Å². The molecule has 8 atom stereocenters. The van der Waals surface area contributed by atoms with E-state index >= 15 is 9.59 Å². The number of hydrogen-bond acceptors (Lipinski definition) is 11. The van der Waals surface area contributed by atoms with Crippen molar-refractivity contribution in [1.82, 2.24) is 57.7 Å². The predicted octanol–water partition coefficient (Wildman–Crippen LogP) is -0.303. The molecular weight excluding hydrogens is 1080 g/mol. The minimum atomic E-state index is -1.60. The average Bonchev–Trinajstić information content (AvgIpc) is 4.12. The number of primary amides is 1. The van der Waals surface area contributed by atoms with Gasteiger partial charge < -0.3 is 74.9 Å². The van der Waals surface area contributed by atoms with E-state index in [1.54, 1.807) is 54.7 Å². The number of nitrogens with zero attached hydrogens (tertiary/aromatic N) is 1. The largest absolute Gasteiger partial charge is 0.370 e. The van der Waals surface area contributed by atoms with Crippen LogP contribution in [0.1, 0.15) is 81.4 Å². The summed E-state index contributed by atoms with van der Waals surface area (Å²) in [7, 11) is 0. The molecule has 2 fully saturated rings. The van der Waals surface area contributed by atoms with E-state index < -0.39 is 102 Å².